The molecule has 19 heavy (non-hydrogen) atoms. The molecule has 4 N–H and O–H groups in total. The Balaban J connectivity index is 2.31. The summed E-state index contributed by atoms with van der Waals surface area (Å²) in [6.45, 7) is 2.98. The summed E-state index contributed by atoms with van der Waals surface area (Å²) < 4.78 is 25.6. The molecule has 0 radical (unpaired) electrons. The van der Waals surface area contributed by atoms with Crippen LogP contribution in [-0.4, -0.2) is 39.3 Å². The van der Waals surface area contributed by atoms with Crippen LogP contribution in [-0.2, 0) is 10.0 Å². The Kier molecular flexibility index (Phi) is 3.46. The first-order valence-electron chi connectivity index (χ1n) is 6.06. The van der Waals surface area contributed by atoms with E-state index >= 15 is 0 Å². The quantitative estimate of drug-likeness (QED) is 0.687. The maximum atomic E-state index is 11.7. The van der Waals surface area contributed by atoms with Crippen molar-refractivity contribution in [3.05, 3.63) is 18.2 Å². The Morgan fingerprint density at radius 2 is 2.16 bits per heavy atom. The number of nitrogens with zero attached hydrogens (tertiary/aromatic N) is 1. The minimum Gasteiger partial charge on any atom is -0.397 e. The first-order chi connectivity index (χ1) is 8.75. The van der Waals surface area contributed by atoms with Gasteiger partial charge in [-0.15, -0.1) is 0 Å². The van der Waals surface area contributed by atoms with Crippen LogP contribution in [0.5, 0.6) is 0 Å². The second-order valence-corrected chi connectivity index (χ2v) is 6.98. The van der Waals surface area contributed by atoms with Gasteiger partial charge in [0.2, 0.25) is 10.0 Å². The van der Waals surface area contributed by atoms with Gasteiger partial charge in [-0.2, -0.15) is 0 Å². The Labute approximate surface area is 113 Å². The van der Waals surface area contributed by atoms with E-state index in [4.69, 9.17) is 5.73 Å². The lowest BCUT2D eigenvalue weighted by Gasteiger charge is -2.22. The van der Waals surface area contributed by atoms with Crippen LogP contribution in [0, 0.1) is 0 Å². The zero-order valence-electron chi connectivity index (χ0n) is 11.0. The van der Waals surface area contributed by atoms with Gasteiger partial charge in [0.1, 0.15) is 0 Å². The summed E-state index contributed by atoms with van der Waals surface area (Å²) in [6.07, 6.45) is 0.670. The van der Waals surface area contributed by atoms with Crippen LogP contribution in [0.15, 0.2) is 23.1 Å². The molecule has 0 spiro atoms. The van der Waals surface area contributed by atoms with Crippen molar-refractivity contribution in [1.29, 1.82) is 0 Å². The molecule has 1 aliphatic rings. The molecule has 0 aliphatic carbocycles. The van der Waals surface area contributed by atoms with Gasteiger partial charge in [0.05, 0.1) is 21.9 Å². The van der Waals surface area contributed by atoms with Crippen LogP contribution < -0.4 is 15.4 Å². The van der Waals surface area contributed by atoms with E-state index in [1.54, 1.807) is 13.0 Å². The zero-order valence-corrected chi connectivity index (χ0v) is 11.9. The van der Waals surface area contributed by atoms with E-state index in [-0.39, 0.29) is 4.90 Å². The lowest BCUT2D eigenvalue weighted by atomic mass is 10.1. The van der Waals surface area contributed by atoms with Crippen LogP contribution in [0.3, 0.4) is 0 Å². The van der Waals surface area contributed by atoms with Crippen molar-refractivity contribution in [3.63, 3.8) is 0 Å². The molecular formula is C12H19N3O3S. The first-order valence-corrected chi connectivity index (χ1v) is 7.54. The molecule has 1 atom stereocenters. The van der Waals surface area contributed by atoms with E-state index in [9.17, 15) is 13.5 Å². The van der Waals surface area contributed by atoms with Gasteiger partial charge in [-0.3, -0.25) is 0 Å². The summed E-state index contributed by atoms with van der Waals surface area (Å²) >= 11 is 0. The molecular weight excluding hydrogens is 266 g/mol. The molecule has 6 nitrogen and oxygen atoms in total. The molecule has 106 valence electrons. The fourth-order valence-corrected chi connectivity index (χ4v) is 3.02. The number of β-amino-alcohol motifs (C(OH)–C–C–N with tert-alkyl or cyclic N) is 1. The Morgan fingerprint density at radius 3 is 2.63 bits per heavy atom. The molecule has 1 heterocycles. The number of hydrogen-bond donors (Lipinski definition) is 3. The molecule has 0 aromatic heterocycles. The third kappa shape index (κ3) is 2.83. The molecule has 1 aromatic rings. The average molecular weight is 285 g/mol. The summed E-state index contributed by atoms with van der Waals surface area (Å²) in [5.74, 6) is 0. The van der Waals surface area contributed by atoms with Gasteiger partial charge in [-0.05, 0) is 38.6 Å². The Hall–Kier alpha value is -1.31. The van der Waals surface area contributed by atoms with Crippen LogP contribution >= 0.6 is 0 Å². The molecule has 1 unspecified atom stereocenters. The molecule has 1 fully saturated rings. The van der Waals surface area contributed by atoms with Crippen molar-refractivity contribution in [2.24, 2.45) is 0 Å². The normalized spacial score (nSPS) is 23.8. The SMILES string of the molecule is CNS(=O)(=O)c1ccc(N2CCC(C)(O)C2)c(N)c1. The van der Waals surface area contributed by atoms with Gasteiger partial charge < -0.3 is 15.7 Å². The number of hydrogen-bond acceptors (Lipinski definition) is 5. The van der Waals surface area contributed by atoms with E-state index < -0.39 is 15.6 Å². The molecule has 0 saturated carbocycles. The van der Waals surface area contributed by atoms with Gasteiger partial charge in [0.15, 0.2) is 0 Å². The van der Waals surface area contributed by atoms with Crippen molar-refractivity contribution >= 4 is 21.4 Å². The fourth-order valence-electron chi connectivity index (χ4n) is 2.26. The highest BCUT2D eigenvalue weighted by molar-refractivity contribution is 7.89. The number of nitrogen functional groups attached to an aromatic ring is 1. The minimum absolute atomic E-state index is 0.141. The van der Waals surface area contributed by atoms with Gasteiger partial charge in [0, 0.05) is 13.1 Å². The van der Waals surface area contributed by atoms with Gasteiger partial charge in [-0.1, -0.05) is 0 Å². The predicted octanol–water partition coefficient (Wildman–Crippen LogP) is 0.138. The van der Waals surface area contributed by atoms with Crippen molar-refractivity contribution in [2.45, 2.75) is 23.8 Å². The second-order valence-electron chi connectivity index (χ2n) is 5.10. The van der Waals surface area contributed by atoms with Crippen molar-refractivity contribution in [3.8, 4) is 0 Å². The van der Waals surface area contributed by atoms with Crippen molar-refractivity contribution in [1.82, 2.24) is 4.72 Å². The smallest absolute Gasteiger partial charge is 0.240 e. The number of nitrogens with two attached hydrogens (primary N) is 1. The van der Waals surface area contributed by atoms with Gasteiger partial charge >= 0.3 is 0 Å². The second kappa shape index (κ2) is 4.66. The maximum absolute atomic E-state index is 11.7. The zero-order chi connectivity index (χ0) is 14.3. The van der Waals surface area contributed by atoms with Crippen LogP contribution in [0.2, 0.25) is 0 Å². The molecule has 0 bridgehead atoms. The fraction of sp³-hybridized carbons (Fsp3) is 0.500. The lowest BCUT2D eigenvalue weighted by Crippen LogP contribution is -2.30. The van der Waals surface area contributed by atoms with Crippen molar-refractivity contribution in [2.75, 3.05) is 30.8 Å². The summed E-state index contributed by atoms with van der Waals surface area (Å²) in [5, 5.41) is 9.95. The summed E-state index contributed by atoms with van der Waals surface area (Å²) in [4.78, 5) is 2.10. The highest BCUT2D eigenvalue weighted by Gasteiger charge is 2.32. The number of benzene rings is 1. The van der Waals surface area contributed by atoms with E-state index in [0.717, 1.165) is 5.69 Å². The topological polar surface area (TPSA) is 95.7 Å². The number of nitrogens with one attached hydrogen (secondary N) is 1. The number of sulfonamides is 1. The van der Waals surface area contributed by atoms with E-state index in [2.05, 4.69) is 4.72 Å². The molecule has 2 rings (SSSR count). The average Bonchev–Trinajstić information content (AvgIpc) is 2.69. The standard InChI is InChI=1S/C12H19N3O3S/c1-12(16)5-6-15(8-12)11-4-3-9(7-10(11)13)19(17,18)14-2/h3-4,7,14,16H,5-6,8,13H2,1-2H3. The van der Waals surface area contributed by atoms with Crippen molar-refractivity contribution < 1.29 is 13.5 Å². The molecule has 0 amide bonds. The largest absolute Gasteiger partial charge is 0.397 e. The van der Waals surface area contributed by atoms with Gasteiger partial charge in [0.25, 0.3) is 0 Å². The highest BCUT2D eigenvalue weighted by atomic mass is 32.2. The molecule has 1 saturated heterocycles. The van der Waals surface area contributed by atoms with E-state index in [1.165, 1.54) is 19.2 Å². The third-order valence-electron chi connectivity index (χ3n) is 3.37. The first kappa shape index (κ1) is 14.1. The minimum atomic E-state index is -3.48. The van der Waals surface area contributed by atoms with Crippen LogP contribution in [0.25, 0.3) is 0 Å². The van der Waals surface area contributed by atoms with Crippen LogP contribution in [0.1, 0.15) is 13.3 Å². The predicted molar refractivity (Wildman–Crippen MR) is 74.6 cm³/mol. The summed E-state index contributed by atoms with van der Waals surface area (Å²) in [7, 11) is -2.12. The highest BCUT2D eigenvalue weighted by Crippen LogP contribution is 2.31. The van der Waals surface area contributed by atoms with E-state index in [1.807, 2.05) is 4.90 Å². The van der Waals surface area contributed by atoms with Crippen LogP contribution in [0.4, 0.5) is 11.4 Å². The number of aliphatic hydroxyl groups is 1. The number of anilines is 2. The Morgan fingerprint density at radius 1 is 1.47 bits per heavy atom. The number of rotatable bonds is 3. The summed E-state index contributed by atoms with van der Waals surface area (Å²) in [6, 6.07) is 4.64. The molecule has 1 aromatic carbocycles. The maximum Gasteiger partial charge on any atom is 0.240 e. The van der Waals surface area contributed by atoms with E-state index in [0.29, 0.717) is 25.2 Å². The monoisotopic (exact) mass is 285 g/mol. The molecule has 1 aliphatic heterocycles. The Bertz CT molecular complexity index is 584. The molecule has 7 heteroatoms. The van der Waals surface area contributed by atoms with Gasteiger partial charge in [-0.25, -0.2) is 13.1 Å². The summed E-state index contributed by atoms with van der Waals surface area (Å²) in [5.41, 5.74) is 6.36. The third-order valence-corrected chi connectivity index (χ3v) is 4.78. The lowest BCUT2D eigenvalue weighted by molar-refractivity contribution is 0.0839.